The first-order valence-electron chi connectivity index (χ1n) is 11.4. The molecule has 0 aliphatic carbocycles. The molecule has 1 fully saturated rings. The molecule has 0 spiro atoms. The molecule has 2 atom stereocenters. The number of unbranched alkanes of at least 4 members (excludes halogenated alkanes) is 1. The first-order valence-corrected chi connectivity index (χ1v) is 13.3. The van der Waals surface area contributed by atoms with E-state index in [4.69, 9.17) is 5.73 Å². The average Bonchev–Trinajstić information content (AvgIpc) is 2.81. The third kappa shape index (κ3) is 4.75. The number of aliphatic carboxylic acids is 1. The largest absolute Gasteiger partial charge is 0.480 e. The maximum atomic E-state index is 13.1. The maximum absolute atomic E-state index is 13.1. The zero-order valence-electron chi connectivity index (χ0n) is 18.7. The van der Waals surface area contributed by atoms with E-state index >= 15 is 0 Å². The molecule has 3 aromatic carbocycles. The Morgan fingerprint density at radius 1 is 1.03 bits per heavy atom. The van der Waals surface area contributed by atoms with Crippen LogP contribution in [0.3, 0.4) is 0 Å². The molecule has 0 bridgehead atoms. The number of benzene rings is 3. The van der Waals surface area contributed by atoms with Gasteiger partial charge < -0.3 is 15.7 Å². The molecule has 1 heterocycles. The van der Waals surface area contributed by atoms with Gasteiger partial charge in [-0.05, 0) is 52.9 Å². The predicted octanol–water partition coefficient (Wildman–Crippen LogP) is 4.55. The molecule has 1 aliphatic rings. The highest BCUT2D eigenvalue weighted by atomic mass is 31.2. The molecule has 0 saturated carbocycles. The average molecular weight is 467 g/mol. The number of hydrogen-bond acceptors (Lipinski definition) is 4. The molecule has 6 nitrogen and oxygen atoms in total. The summed E-state index contributed by atoms with van der Waals surface area (Å²) in [6.07, 6.45) is 1.31. The number of carboxylic acids is 1. The molecule has 0 amide bonds. The van der Waals surface area contributed by atoms with Gasteiger partial charge >= 0.3 is 5.97 Å². The lowest BCUT2D eigenvalue weighted by Crippen LogP contribution is -2.53. The number of nitrogens with two attached hydrogens (primary N) is 1. The van der Waals surface area contributed by atoms with Gasteiger partial charge in [-0.2, -0.15) is 0 Å². The molecule has 2 unspecified atom stereocenters. The highest BCUT2D eigenvalue weighted by Gasteiger charge is 2.56. The topological polar surface area (TPSA) is 104 Å². The van der Waals surface area contributed by atoms with Crippen LogP contribution in [0.5, 0.6) is 0 Å². The molecular formula is C26H31N2O4P. The van der Waals surface area contributed by atoms with E-state index in [0.29, 0.717) is 32.5 Å². The van der Waals surface area contributed by atoms with Crippen LogP contribution in [0.25, 0.3) is 21.9 Å². The first kappa shape index (κ1) is 23.7. The van der Waals surface area contributed by atoms with E-state index in [9.17, 15) is 19.4 Å². The van der Waals surface area contributed by atoms with Gasteiger partial charge in [0.05, 0.1) is 0 Å². The molecule has 3 aromatic rings. The fourth-order valence-electron chi connectivity index (χ4n) is 4.86. The predicted molar refractivity (Wildman–Crippen MR) is 133 cm³/mol. The van der Waals surface area contributed by atoms with E-state index in [1.54, 1.807) is 0 Å². The summed E-state index contributed by atoms with van der Waals surface area (Å²) < 4.78 is 13.1. The summed E-state index contributed by atoms with van der Waals surface area (Å²) >= 11 is 0. The third-order valence-electron chi connectivity index (χ3n) is 6.79. The van der Waals surface area contributed by atoms with Crippen LogP contribution >= 0.6 is 7.37 Å². The molecule has 33 heavy (non-hydrogen) atoms. The maximum Gasteiger partial charge on any atom is 0.320 e. The van der Waals surface area contributed by atoms with Crippen LogP contribution in [0.1, 0.15) is 24.8 Å². The van der Waals surface area contributed by atoms with Gasteiger partial charge in [-0.15, -0.1) is 0 Å². The van der Waals surface area contributed by atoms with Gasteiger partial charge in [-0.1, -0.05) is 67.1 Å². The van der Waals surface area contributed by atoms with E-state index in [2.05, 4.69) is 42.5 Å². The number of hydrogen-bond donors (Lipinski definition) is 3. The number of carboxylic acid groups (broad SMARTS) is 1. The lowest BCUT2D eigenvalue weighted by atomic mass is 9.96. The Kier molecular flexibility index (Phi) is 7.01. The highest BCUT2D eigenvalue weighted by molar-refractivity contribution is 7.61. The molecular weight excluding hydrogens is 435 g/mol. The zero-order valence-corrected chi connectivity index (χ0v) is 19.6. The molecule has 7 heteroatoms. The van der Waals surface area contributed by atoms with E-state index in [1.165, 1.54) is 5.39 Å². The molecule has 4 N–H and O–H groups in total. The number of rotatable bonds is 8. The van der Waals surface area contributed by atoms with E-state index < -0.39 is 18.5 Å². The first-order chi connectivity index (χ1) is 15.9. The highest BCUT2D eigenvalue weighted by Crippen LogP contribution is 2.59. The van der Waals surface area contributed by atoms with Gasteiger partial charge in [0.15, 0.2) is 5.16 Å². The van der Waals surface area contributed by atoms with Crippen LogP contribution in [-0.4, -0.2) is 51.8 Å². The summed E-state index contributed by atoms with van der Waals surface area (Å²) in [6.45, 7) is 1.42. The Hall–Kier alpha value is -2.50. The minimum Gasteiger partial charge on any atom is -0.480 e. The SMILES string of the molecule is NCCCCC1(C(=O)O)CN(Cc2ccccc2-c2ccc3ccccc3c2)CCP1(=O)O. The van der Waals surface area contributed by atoms with Crippen molar-refractivity contribution in [1.82, 2.24) is 4.90 Å². The zero-order chi connectivity index (χ0) is 23.5. The van der Waals surface area contributed by atoms with E-state index in [-0.39, 0.29) is 19.1 Å². The van der Waals surface area contributed by atoms with Crippen LogP contribution in [0.2, 0.25) is 0 Å². The Morgan fingerprint density at radius 2 is 1.76 bits per heavy atom. The Morgan fingerprint density at radius 3 is 2.52 bits per heavy atom. The van der Waals surface area contributed by atoms with Gasteiger partial charge in [0, 0.05) is 25.8 Å². The molecule has 0 aromatic heterocycles. The van der Waals surface area contributed by atoms with Crippen LogP contribution in [-0.2, 0) is 15.9 Å². The van der Waals surface area contributed by atoms with Crippen molar-refractivity contribution in [3.63, 3.8) is 0 Å². The Balaban J connectivity index is 1.63. The summed E-state index contributed by atoms with van der Waals surface area (Å²) in [7, 11) is -3.85. The summed E-state index contributed by atoms with van der Waals surface area (Å²) in [4.78, 5) is 25.0. The monoisotopic (exact) mass is 466 g/mol. The van der Waals surface area contributed by atoms with Crippen molar-refractivity contribution in [2.45, 2.75) is 31.0 Å². The third-order valence-corrected chi connectivity index (χ3v) is 9.49. The smallest absolute Gasteiger partial charge is 0.320 e. The van der Waals surface area contributed by atoms with Crippen molar-refractivity contribution in [3.05, 3.63) is 72.3 Å². The Labute approximate surface area is 194 Å². The van der Waals surface area contributed by atoms with Gasteiger partial charge in [0.2, 0.25) is 7.37 Å². The number of fused-ring (bicyclic) bond motifs is 1. The molecule has 174 valence electrons. The molecule has 1 aliphatic heterocycles. The second-order valence-corrected chi connectivity index (χ2v) is 11.6. The normalized spacial score (nSPS) is 23.6. The van der Waals surface area contributed by atoms with Crippen molar-refractivity contribution < 1.29 is 19.4 Å². The van der Waals surface area contributed by atoms with Crippen LogP contribution in [0.15, 0.2) is 66.7 Å². The van der Waals surface area contributed by atoms with Crippen molar-refractivity contribution >= 4 is 24.1 Å². The van der Waals surface area contributed by atoms with Gasteiger partial charge in [-0.25, -0.2) is 0 Å². The lowest BCUT2D eigenvalue weighted by Gasteiger charge is -2.43. The summed E-state index contributed by atoms with van der Waals surface area (Å²) in [5, 5.41) is 10.7. The number of carbonyl (C=O) groups is 1. The summed E-state index contributed by atoms with van der Waals surface area (Å²) in [5.41, 5.74) is 8.84. The van der Waals surface area contributed by atoms with E-state index in [1.807, 2.05) is 29.2 Å². The molecule has 4 rings (SSSR count). The van der Waals surface area contributed by atoms with Gasteiger partial charge in [-0.3, -0.25) is 14.3 Å². The van der Waals surface area contributed by atoms with Gasteiger partial charge in [0.25, 0.3) is 0 Å². The van der Waals surface area contributed by atoms with Crippen molar-refractivity contribution in [1.29, 1.82) is 0 Å². The summed E-state index contributed by atoms with van der Waals surface area (Å²) in [6, 6.07) is 22.7. The molecule has 1 saturated heterocycles. The second-order valence-electron chi connectivity index (χ2n) is 8.94. The van der Waals surface area contributed by atoms with Crippen LogP contribution in [0.4, 0.5) is 0 Å². The van der Waals surface area contributed by atoms with Crippen molar-refractivity contribution in [2.75, 3.05) is 25.8 Å². The fourth-order valence-corrected chi connectivity index (χ4v) is 7.07. The van der Waals surface area contributed by atoms with E-state index in [0.717, 1.165) is 22.1 Å². The van der Waals surface area contributed by atoms with Crippen LogP contribution < -0.4 is 5.73 Å². The number of nitrogens with zero attached hydrogens (tertiary/aromatic N) is 1. The second kappa shape index (κ2) is 9.78. The quantitative estimate of drug-likeness (QED) is 0.333. The van der Waals surface area contributed by atoms with Crippen molar-refractivity contribution in [3.8, 4) is 11.1 Å². The molecule has 0 radical (unpaired) electrons. The van der Waals surface area contributed by atoms with Crippen LogP contribution in [0, 0.1) is 0 Å². The standard InChI is InChI=1S/C26H31N2O4P/c27-14-6-5-13-26(25(29)30)19-28(15-16-33(26,31)32)18-23-9-3-4-10-24(23)22-12-11-20-7-1-2-8-21(20)17-22/h1-4,7-12,17H,5-6,13-16,18-19,27H2,(H,29,30)(H,31,32). The van der Waals surface area contributed by atoms with Crippen molar-refractivity contribution in [2.24, 2.45) is 5.73 Å². The fraction of sp³-hybridized carbons (Fsp3) is 0.346. The minimum atomic E-state index is -3.85. The summed E-state index contributed by atoms with van der Waals surface area (Å²) in [5.74, 6) is -1.18. The van der Waals surface area contributed by atoms with Gasteiger partial charge in [0.1, 0.15) is 0 Å². The minimum absolute atomic E-state index is 0.0138. The lowest BCUT2D eigenvalue weighted by molar-refractivity contribution is -0.141. The Bertz CT molecular complexity index is 1200.